The van der Waals surface area contributed by atoms with E-state index in [4.69, 9.17) is 11.8 Å². The predicted octanol–water partition coefficient (Wildman–Crippen LogP) is 2.50. The van der Waals surface area contributed by atoms with Crippen LogP contribution >= 0.6 is 0 Å². The van der Waals surface area contributed by atoms with Crippen LogP contribution in [-0.4, -0.2) is 48.3 Å². The fourth-order valence-corrected chi connectivity index (χ4v) is 3.04. The summed E-state index contributed by atoms with van der Waals surface area (Å²) in [7, 11) is 10.0. The molecule has 5 heteroatoms. The van der Waals surface area contributed by atoms with E-state index in [1.807, 2.05) is 21.0 Å². The second-order valence-electron chi connectivity index (χ2n) is 7.38. The molecular formula is C18H24N3O2+. The number of cyclic esters (lactones) is 1. The first-order valence-electron chi connectivity index (χ1n) is 7.90. The van der Waals surface area contributed by atoms with E-state index in [-0.39, 0.29) is 11.6 Å². The molecule has 1 amide bonds. The van der Waals surface area contributed by atoms with E-state index in [0.29, 0.717) is 11.1 Å². The number of aromatic amines is 1. The Morgan fingerprint density at radius 2 is 2.17 bits per heavy atom. The first-order chi connectivity index (χ1) is 10.7. The molecule has 2 N–H and O–H groups in total. The predicted molar refractivity (Wildman–Crippen MR) is 89.9 cm³/mol. The lowest BCUT2D eigenvalue weighted by Crippen LogP contribution is -2.42. The minimum atomic E-state index is -0.336. The van der Waals surface area contributed by atoms with Crippen LogP contribution in [0.25, 0.3) is 10.9 Å². The molecule has 0 spiro atoms. The number of nitrogens with one attached hydrogen (secondary N) is 2. The van der Waals surface area contributed by atoms with Crippen molar-refractivity contribution in [2.24, 2.45) is 0 Å². The summed E-state index contributed by atoms with van der Waals surface area (Å²) in [4.78, 5) is 14.6. The van der Waals surface area contributed by atoms with Crippen LogP contribution in [0.3, 0.4) is 0 Å². The van der Waals surface area contributed by atoms with Gasteiger partial charge in [-0.3, -0.25) is 0 Å². The highest BCUT2D eigenvalue weighted by atomic mass is 16.6. The molecule has 0 saturated carbocycles. The number of fused-ring (bicyclic) bond motifs is 1. The normalized spacial score (nSPS) is 21.5. The highest BCUT2D eigenvalue weighted by Crippen LogP contribution is 2.24. The number of hydrogen-bond donors (Lipinski definition) is 2. The summed E-state index contributed by atoms with van der Waals surface area (Å²) in [5.74, 6) is 0. The molecule has 3 rings (SSSR count). The lowest BCUT2D eigenvalue weighted by Gasteiger charge is -2.22. The quantitative estimate of drug-likeness (QED) is 0.833. The van der Waals surface area contributed by atoms with Crippen molar-refractivity contribution in [3.05, 3.63) is 42.6 Å². The van der Waals surface area contributed by atoms with E-state index in [0.717, 1.165) is 24.9 Å². The van der Waals surface area contributed by atoms with Crippen LogP contribution in [0.15, 0.2) is 24.4 Å². The summed E-state index contributed by atoms with van der Waals surface area (Å²) < 4.78 is 5.49. The van der Waals surface area contributed by atoms with Gasteiger partial charge >= 0.3 is 6.09 Å². The van der Waals surface area contributed by atoms with Crippen molar-refractivity contribution in [2.75, 3.05) is 27.2 Å². The number of rotatable bonds is 5. The minimum Gasteiger partial charge on any atom is -0.447 e. The number of aromatic nitrogens is 1. The average molecular weight is 314 g/mol. The van der Waals surface area contributed by atoms with Crippen molar-refractivity contribution in [1.29, 1.82) is 0 Å². The molecule has 1 aromatic heterocycles. The Morgan fingerprint density at radius 1 is 1.39 bits per heavy atom. The maximum atomic E-state index is 11.3. The molecule has 2 heterocycles. The largest absolute Gasteiger partial charge is 0.447 e. The van der Waals surface area contributed by atoms with E-state index < -0.39 is 0 Å². The number of ether oxygens (including phenoxy) is 1. The number of hydrogen-bond acceptors (Lipinski definition) is 2. The van der Waals surface area contributed by atoms with Crippen LogP contribution in [0.4, 0.5) is 4.79 Å². The van der Waals surface area contributed by atoms with Gasteiger partial charge in [0.15, 0.2) is 0 Å². The topological polar surface area (TPSA) is 54.1 Å². The zero-order valence-corrected chi connectivity index (χ0v) is 14.0. The summed E-state index contributed by atoms with van der Waals surface area (Å²) >= 11 is 0. The number of H-pyrrole nitrogens is 1. The Bertz CT molecular complexity index is 729. The van der Waals surface area contributed by atoms with Gasteiger partial charge in [-0.1, -0.05) is 6.07 Å². The summed E-state index contributed by atoms with van der Waals surface area (Å²) in [6.45, 7) is 3.29. The van der Waals surface area contributed by atoms with Crippen molar-refractivity contribution < 1.29 is 14.0 Å². The van der Waals surface area contributed by atoms with Gasteiger partial charge in [0.05, 0.1) is 26.2 Å². The summed E-state index contributed by atoms with van der Waals surface area (Å²) in [6.07, 6.45) is 3.40. The Hall–Kier alpha value is -2.01. The molecule has 1 aromatic carbocycles. The van der Waals surface area contributed by atoms with Gasteiger partial charge in [-0.2, -0.15) is 0 Å². The first kappa shape index (κ1) is 15.9. The highest BCUT2D eigenvalue weighted by molar-refractivity contribution is 5.84. The Labute approximate surface area is 137 Å². The van der Waals surface area contributed by atoms with Crippen molar-refractivity contribution in [3.8, 4) is 0 Å². The molecule has 1 unspecified atom stereocenters. The van der Waals surface area contributed by atoms with Crippen molar-refractivity contribution in [1.82, 2.24) is 10.3 Å². The average Bonchev–Trinajstić information content (AvgIpc) is 2.99. The molecule has 1 atom stereocenters. The lowest BCUT2D eigenvalue weighted by atomic mass is 9.93. The fraction of sp³-hybridized carbons (Fsp3) is 0.444. The molecule has 1 aliphatic heterocycles. The zero-order valence-electron chi connectivity index (χ0n) is 14.0. The van der Waals surface area contributed by atoms with Crippen molar-refractivity contribution >= 4 is 17.0 Å². The van der Waals surface area contributed by atoms with Crippen LogP contribution in [0.1, 0.15) is 18.1 Å². The van der Waals surface area contributed by atoms with E-state index in [1.165, 1.54) is 16.5 Å². The Morgan fingerprint density at radius 3 is 2.83 bits per heavy atom. The third-order valence-electron chi connectivity index (χ3n) is 4.31. The second kappa shape index (κ2) is 5.57. The number of quaternary nitrogens is 1. The monoisotopic (exact) mass is 314 g/mol. The molecule has 2 radical (unpaired) electrons. The van der Waals surface area contributed by atoms with Crippen LogP contribution in [-0.2, 0) is 17.6 Å². The highest BCUT2D eigenvalue weighted by Gasteiger charge is 2.34. The number of nitrogens with zero attached hydrogens (tertiary/aromatic N) is 1. The van der Waals surface area contributed by atoms with Gasteiger partial charge in [0.2, 0.25) is 7.05 Å². The number of alkyl carbamates (subject to hydrolysis) is 1. The van der Waals surface area contributed by atoms with Gasteiger partial charge in [-0.05, 0) is 36.6 Å². The second-order valence-corrected chi connectivity index (χ2v) is 7.38. The number of benzene rings is 1. The first-order valence-corrected chi connectivity index (χ1v) is 7.90. The van der Waals surface area contributed by atoms with Crippen LogP contribution in [0.5, 0.6) is 0 Å². The van der Waals surface area contributed by atoms with Crippen LogP contribution in [0, 0.1) is 7.05 Å². The molecule has 122 valence electrons. The maximum Gasteiger partial charge on any atom is 0.407 e. The Balaban J connectivity index is 1.81. The van der Waals surface area contributed by atoms with Gasteiger partial charge in [0, 0.05) is 23.5 Å². The fourth-order valence-electron chi connectivity index (χ4n) is 3.04. The summed E-state index contributed by atoms with van der Waals surface area (Å²) in [5, 5.41) is 4.12. The van der Waals surface area contributed by atoms with Gasteiger partial charge in [-0.25, -0.2) is 4.79 Å². The molecule has 23 heavy (non-hydrogen) atoms. The van der Waals surface area contributed by atoms with Gasteiger partial charge < -0.3 is 19.5 Å². The lowest BCUT2D eigenvalue weighted by molar-refractivity contribution is -0.845. The van der Waals surface area contributed by atoms with Crippen LogP contribution < -0.4 is 5.32 Å². The summed E-state index contributed by atoms with van der Waals surface area (Å²) in [6, 6.07) is 6.40. The Kier molecular flexibility index (Phi) is 3.84. The smallest absolute Gasteiger partial charge is 0.407 e. The SMILES string of the molecule is [CH][N+](C)(C)CCc1c[nH]c2ccc(CC3(C)COC(=O)N3)cc12. The summed E-state index contributed by atoms with van der Waals surface area (Å²) in [5.41, 5.74) is 3.25. The van der Waals surface area contributed by atoms with E-state index in [9.17, 15) is 4.79 Å². The molecule has 2 aromatic rings. The molecular weight excluding hydrogens is 290 g/mol. The number of likely N-dealkylation sites (N-methyl/N-ethyl adjacent to an activating group) is 1. The van der Waals surface area contributed by atoms with Crippen LogP contribution in [0.2, 0.25) is 0 Å². The van der Waals surface area contributed by atoms with Crippen molar-refractivity contribution in [3.63, 3.8) is 0 Å². The standard InChI is InChI=1S/C18H24N3O2/c1-18(12-23-17(22)20-18)10-13-5-6-16-15(9-13)14(11-19-16)7-8-21(2,3)4/h2,5-6,9,11,19H,7-8,10,12H2,1,3-4H3,(H,20,22)/q+1. The van der Waals surface area contributed by atoms with Gasteiger partial charge in [-0.15, -0.1) is 0 Å². The maximum absolute atomic E-state index is 11.3. The van der Waals surface area contributed by atoms with Gasteiger partial charge in [0.1, 0.15) is 6.61 Å². The molecule has 0 bridgehead atoms. The molecule has 0 aliphatic carbocycles. The number of amides is 1. The van der Waals surface area contributed by atoms with Gasteiger partial charge in [0.25, 0.3) is 0 Å². The number of carbonyl (C=O) groups is 1. The molecule has 5 nitrogen and oxygen atoms in total. The van der Waals surface area contributed by atoms with E-state index in [2.05, 4.69) is 34.7 Å². The minimum absolute atomic E-state index is 0.334. The van der Waals surface area contributed by atoms with E-state index in [1.54, 1.807) is 0 Å². The third kappa shape index (κ3) is 3.67. The number of carbonyl (C=O) groups excluding carboxylic acids is 1. The van der Waals surface area contributed by atoms with E-state index >= 15 is 0 Å². The van der Waals surface area contributed by atoms with Crippen molar-refractivity contribution in [2.45, 2.75) is 25.3 Å². The molecule has 1 aliphatic rings. The zero-order chi connectivity index (χ0) is 16.7. The third-order valence-corrected chi connectivity index (χ3v) is 4.31. The molecule has 1 fully saturated rings. The molecule has 1 saturated heterocycles.